The van der Waals surface area contributed by atoms with Gasteiger partial charge in [0.05, 0.1) is 17.6 Å². The van der Waals surface area contributed by atoms with E-state index >= 15 is 0 Å². The van der Waals surface area contributed by atoms with Crippen LogP contribution >= 0.6 is 0 Å². The number of sulfonamides is 1. The Morgan fingerprint density at radius 1 is 1.07 bits per heavy atom. The zero-order valence-corrected chi connectivity index (χ0v) is 16.9. The third kappa shape index (κ3) is 5.09. The van der Waals surface area contributed by atoms with E-state index in [-0.39, 0.29) is 10.5 Å². The topological polar surface area (TPSA) is 66.9 Å². The third-order valence-electron chi connectivity index (χ3n) is 5.68. The van der Waals surface area contributed by atoms with Crippen molar-refractivity contribution in [3.05, 3.63) is 29.8 Å². The van der Waals surface area contributed by atoms with Crippen molar-refractivity contribution < 1.29 is 17.9 Å². The molecule has 0 atom stereocenters. The minimum absolute atomic E-state index is 0.158. The van der Waals surface area contributed by atoms with Gasteiger partial charge in [0.25, 0.3) is 0 Å². The van der Waals surface area contributed by atoms with E-state index in [0.29, 0.717) is 13.1 Å². The summed E-state index contributed by atoms with van der Waals surface area (Å²) < 4.78 is 32.4. The lowest BCUT2D eigenvalue weighted by Gasteiger charge is -2.28. The Morgan fingerprint density at radius 3 is 2.59 bits per heavy atom. The highest BCUT2D eigenvalue weighted by molar-refractivity contribution is 7.89. The van der Waals surface area contributed by atoms with E-state index in [1.54, 1.807) is 22.5 Å². The first-order valence-electron chi connectivity index (χ1n) is 9.91. The minimum Gasteiger partial charge on any atom is -0.465 e. The van der Waals surface area contributed by atoms with Gasteiger partial charge in [0.1, 0.15) is 0 Å². The van der Waals surface area contributed by atoms with E-state index in [1.165, 1.54) is 45.3 Å². The number of carbonyl (C=O) groups excluding carboxylic acids is 1. The summed E-state index contributed by atoms with van der Waals surface area (Å²) in [4.78, 5) is 14.3. The van der Waals surface area contributed by atoms with Gasteiger partial charge in [-0.05, 0) is 49.9 Å². The fourth-order valence-electron chi connectivity index (χ4n) is 4.16. The summed E-state index contributed by atoms with van der Waals surface area (Å²) >= 11 is 0. The molecule has 0 aromatic heterocycles. The van der Waals surface area contributed by atoms with Gasteiger partial charge in [0, 0.05) is 26.2 Å². The van der Waals surface area contributed by atoms with Crippen LogP contribution in [-0.4, -0.2) is 63.4 Å². The van der Waals surface area contributed by atoms with Crippen LogP contribution < -0.4 is 0 Å². The molecule has 0 unspecified atom stereocenters. The fraction of sp³-hybridized carbons (Fsp3) is 0.650. The third-order valence-corrected chi connectivity index (χ3v) is 7.58. The number of ether oxygens (including phenoxy) is 1. The Bertz CT molecular complexity index is 744. The van der Waals surface area contributed by atoms with Gasteiger partial charge in [-0.3, -0.25) is 0 Å². The molecule has 2 aliphatic rings. The van der Waals surface area contributed by atoms with Crippen LogP contribution in [0.3, 0.4) is 0 Å². The molecule has 2 fully saturated rings. The molecule has 27 heavy (non-hydrogen) atoms. The quantitative estimate of drug-likeness (QED) is 0.719. The van der Waals surface area contributed by atoms with Crippen LogP contribution in [0.2, 0.25) is 0 Å². The number of carbonyl (C=O) groups is 1. The number of benzene rings is 1. The molecule has 7 heteroatoms. The molecule has 0 amide bonds. The highest BCUT2D eigenvalue weighted by Gasteiger charge is 2.28. The number of hydrogen-bond donors (Lipinski definition) is 0. The molecule has 0 bridgehead atoms. The highest BCUT2D eigenvalue weighted by Crippen LogP contribution is 2.25. The van der Waals surface area contributed by atoms with Crippen molar-refractivity contribution in [3.63, 3.8) is 0 Å². The van der Waals surface area contributed by atoms with E-state index < -0.39 is 16.0 Å². The Hall–Kier alpha value is -1.44. The Morgan fingerprint density at radius 2 is 1.85 bits per heavy atom. The van der Waals surface area contributed by atoms with Crippen LogP contribution in [0.5, 0.6) is 0 Å². The molecule has 1 heterocycles. The van der Waals surface area contributed by atoms with Gasteiger partial charge in [-0.2, -0.15) is 4.31 Å². The maximum absolute atomic E-state index is 13.1. The average molecular weight is 395 g/mol. The number of rotatable bonds is 5. The number of nitrogens with zero attached hydrogens (tertiary/aromatic N) is 2. The average Bonchev–Trinajstić information content (AvgIpc) is 2.94. The Balaban J connectivity index is 1.66. The maximum Gasteiger partial charge on any atom is 0.337 e. The molecular formula is C20H30N2O4S. The molecule has 0 spiro atoms. The van der Waals surface area contributed by atoms with Crippen LogP contribution in [0, 0.1) is 5.92 Å². The maximum atomic E-state index is 13.1. The molecule has 0 radical (unpaired) electrons. The van der Waals surface area contributed by atoms with Crippen molar-refractivity contribution in [2.75, 3.05) is 39.8 Å². The minimum atomic E-state index is -3.61. The Kier molecular flexibility index (Phi) is 6.89. The van der Waals surface area contributed by atoms with Gasteiger partial charge in [0.15, 0.2) is 0 Å². The van der Waals surface area contributed by atoms with Gasteiger partial charge >= 0.3 is 5.97 Å². The summed E-state index contributed by atoms with van der Waals surface area (Å²) in [6.07, 6.45) is 7.46. The summed E-state index contributed by atoms with van der Waals surface area (Å²) in [5.41, 5.74) is 0.257. The van der Waals surface area contributed by atoms with Crippen LogP contribution in [0.1, 0.15) is 48.9 Å². The second-order valence-corrected chi connectivity index (χ2v) is 9.52. The summed E-state index contributed by atoms with van der Waals surface area (Å²) in [7, 11) is -2.32. The molecule has 1 aromatic rings. The van der Waals surface area contributed by atoms with E-state index in [1.807, 2.05) is 0 Å². The summed E-state index contributed by atoms with van der Waals surface area (Å²) in [6, 6.07) is 6.11. The lowest BCUT2D eigenvalue weighted by Crippen LogP contribution is -2.37. The lowest BCUT2D eigenvalue weighted by atomic mass is 9.89. The zero-order chi connectivity index (χ0) is 19.3. The Labute approximate surface area is 162 Å². The van der Waals surface area contributed by atoms with Crippen molar-refractivity contribution in [1.82, 2.24) is 9.21 Å². The second kappa shape index (κ2) is 9.17. The summed E-state index contributed by atoms with van der Waals surface area (Å²) in [6.45, 7) is 3.83. The number of hydrogen-bond acceptors (Lipinski definition) is 5. The normalized spacial score (nSPS) is 20.9. The van der Waals surface area contributed by atoms with Gasteiger partial charge in [-0.1, -0.05) is 25.3 Å². The van der Waals surface area contributed by atoms with Gasteiger partial charge in [-0.25, -0.2) is 13.2 Å². The van der Waals surface area contributed by atoms with Crippen molar-refractivity contribution in [3.8, 4) is 0 Å². The predicted molar refractivity (Wildman–Crippen MR) is 104 cm³/mol. The summed E-state index contributed by atoms with van der Waals surface area (Å²) in [5.74, 6) is 0.236. The number of esters is 1. The number of methoxy groups -OCH3 is 1. The monoisotopic (exact) mass is 394 g/mol. The molecule has 150 valence electrons. The van der Waals surface area contributed by atoms with E-state index in [9.17, 15) is 13.2 Å². The smallest absolute Gasteiger partial charge is 0.337 e. The van der Waals surface area contributed by atoms with Crippen molar-refractivity contribution >= 4 is 16.0 Å². The molecule has 1 aliphatic carbocycles. The van der Waals surface area contributed by atoms with Crippen LogP contribution in [-0.2, 0) is 14.8 Å². The van der Waals surface area contributed by atoms with E-state index in [0.717, 1.165) is 32.0 Å². The van der Waals surface area contributed by atoms with Crippen molar-refractivity contribution in [1.29, 1.82) is 0 Å². The summed E-state index contributed by atoms with van der Waals surface area (Å²) in [5, 5.41) is 0. The molecule has 6 nitrogen and oxygen atoms in total. The first kappa shape index (κ1) is 20.3. The molecule has 1 aliphatic heterocycles. The van der Waals surface area contributed by atoms with E-state index in [2.05, 4.69) is 4.90 Å². The molecule has 1 saturated carbocycles. The van der Waals surface area contributed by atoms with Crippen molar-refractivity contribution in [2.45, 2.75) is 43.4 Å². The molecule has 3 rings (SSSR count). The largest absolute Gasteiger partial charge is 0.465 e. The molecular weight excluding hydrogens is 364 g/mol. The van der Waals surface area contributed by atoms with Gasteiger partial charge in [-0.15, -0.1) is 0 Å². The SMILES string of the molecule is COC(=O)c1cccc(S(=O)(=O)N2CCCN(CC3CCCCC3)CC2)c1. The van der Waals surface area contributed by atoms with Gasteiger partial charge in [0.2, 0.25) is 10.0 Å². The lowest BCUT2D eigenvalue weighted by molar-refractivity contribution is 0.0600. The van der Waals surface area contributed by atoms with Gasteiger partial charge < -0.3 is 9.64 Å². The fourth-order valence-corrected chi connectivity index (χ4v) is 5.67. The van der Waals surface area contributed by atoms with Crippen LogP contribution in [0.15, 0.2) is 29.2 Å². The molecule has 1 saturated heterocycles. The highest BCUT2D eigenvalue weighted by atomic mass is 32.2. The van der Waals surface area contributed by atoms with Crippen LogP contribution in [0.25, 0.3) is 0 Å². The second-order valence-electron chi connectivity index (χ2n) is 7.58. The predicted octanol–water partition coefficient (Wildman–Crippen LogP) is 2.75. The van der Waals surface area contributed by atoms with E-state index in [4.69, 9.17) is 4.74 Å². The first-order chi connectivity index (χ1) is 13.0. The van der Waals surface area contributed by atoms with Crippen LogP contribution in [0.4, 0.5) is 0 Å². The first-order valence-corrected chi connectivity index (χ1v) is 11.4. The standard InChI is InChI=1S/C20H30N2O4S/c1-26-20(23)18-9-5-10-19(15-18)27(24,25)22-12-6-11-21(13-14-22)16-17-7-3-2-4-8-17/h5,9-10,15,17H,2-4,6-8,11-14,16H2,1H3. The molecule has 1 aromatic carbocycles. The van der Waals surface area contributed by atoms with Crippen molar-refractivity contribution in [2.24, 2.45) is 5.92 Å². The zero-order valence-electron chi connectivity index (χ0n) is 16.1. The molecule has 0 N–H and O–H groups in total.